The van der Waals surface area contributed by atoms with Crippen LogP contribution in [0, 0.1) is 0 Å². The van der Waals surface area contributed by atoms with Crippen LogP contribution in [0.25, 0.3) is 0 Å². The molecular weight excluding hydrogens is 343 g/mol. The Kier molecular flexibility index (Phi) is 4.91. The molecule has 0 saturated carbocycles. The lowest BCUT2D eigenvalue weighted by Crippen LogP contribution is -2.09. The van der Waals surface area contributed by atoms with Crippen molar-refractivity contribution in [3.63, 3.8) is 0 Å². The maximum Gasteiger partial charge on any atom is 0.125 e. The van der Waals surface area contributed by atoms with Crippen LogP contribution in [0.4, 0.5) is 0 Å². The Morgan fingerprint density at radius 2 is 2.00 bits per heavy atom. The van der Waals surface area contributed by atoms with Crippen molar-refractivity contribution in [2.24, 2.45) is 0 Å². The zero-order valence-electron chi connectivity index (χ0n) is 10.9. The molecular formula is C15H12Cl2N2S2. The monoisotopic (exact) mass is 354 g/mol. The van der Waals surface area contributed by atoms with Gasteiger partial charge < -0.3 is 4.57 Å². The molecule has 0 bridgehead atoms. The van der Waals surface area contributed by atoms with Crippen LogP contribution < -0.4 is 0 Å². The van der Waals surface area contributed by atoms with E-state index in [0.717, 1.165) is 10.6 Å². The van der Waals surface area contributed by atoms with Crippen molar-refractivity contribution in [3.8, 4) is 0 Å². The summed E-state index contributed by atoms with van der Waals surface area (Å²) in [5.41, 5.74) is 0.923. The second-order valence-electron chi connectivity index (χ2n) is 4.40. The van der Waals surface area contributed by atoms with Gasteiger partial charge in [0.15, 0.2) is 0 Å². The number of halogens is 2. The highest BCUT2D eigenvalue weighted by atomic mass is 35.5. The summed E-state index contributed by atoms with van der Waals surface area (Å²) in [5, 5.41) is 2.88. The highest BCUT2D eigenvalue weighted by Gasteiger charge is 2.24. The summed E-state index contributed by atoms with van der Waals surface area (Å²) >= 11 is 16.1. The van der Waals surface area contributed by atoms with Gasteiger partial charge in [-0.25, -0.2) is 4.98 Å². The molecule has 2 atom stereocenters. The minimum Gasteiger partial charge on any atom is -0.319 e. The fourth-order valence-corrected chi connectivity index (χ4v) is 4.61. The minimum atomic E-state index is -0.222. The van der Waals surface area contributed by atoms with Gasteiger partial charge in [-0.2, -0.15) is 0 Å². The second kappa shape index (κ2) is 6.88. The smallest absolute Gasteiger partial charge is 0.125 e. The van der Waals surface area contributed by atoms with E-state index in [1.165, 1.54) is 4.21 Å². The van der Waals surface area contributed by atoms with E-state index in [9.17, 15) is 0 Å². The van der Waals surface area contributed by atoms with Crippen LogP contribution in [0.5, 0.6) is 0 Å². The van der Waals surface area contributed by atoms with Gasteiger partial charge in [-0.3, -0.25) is 0 Å². The topological polar surface area (TPSA) is 17.8 Å². The standard InChI is InChI=1S/C15H12Cl2N2S2/c16-12-5-3-11(4-6-12)14(21-13-2-1-9-20-13)15(17)19-8-7-18-10-19/h1-10,14-15H. The van der Waals surface area contributed by atoms with E-state index in [4.69, 9.17) is 23.2 Å². The van der Waals surface area contributed by atoms with Crippen molar-refractivity contribution in [2.45, 2.75) is 15.0 Å². The molecule has 108 valence electrons. The first kappa shape index (κ1) is 15.0. The van der Waals surface area contributed by atoms with E-state index in [1.807, 2.05) is 41.1 Å². The van der Waals surface area contributed by atoms with E-state index >= 15 is 0 Å². The summed E-state index contributed by atoms with van der Waals surface area (Å²) in [6.45, 7) is 0. The normalized spacial score (nSPS) is 14.0. The van der Waals surface area contributed by atoms with Crippen molar-refractivity contribution in [1.82, 2.24) is 9.55 Å². The van der Waals surface area contributed by atoms with Gasteiger partial charge in [0.05, 0.1) is 15.8 Å². The number of imidazole rings is 1. The van der Waals surface area contributed by atoms with Gasteiger partial charge in [0.2, 0.25) is 0 Å². The second-order valence-corrected chi connectivity index (χ2v) is 7.68. The van der Waals surface area contributed by atoms with Crippen LogP contribution in [0.2, 0.25) is 5.02 Å². The molecule has 0 radical (unpaired) electrons. The average Bonchev–Trinajstić information content (AvgIpc) is 3.18. The van der Waals surface area contributed by atoms with Crippen LogP contribution in [0.3, 0.4) is 0 Å². The van der Waals surface area contributed by atoms with Crippen molar-refractivity contribution < 1.29 is 0 Å². The van der Waals surface area contributed by atoms with Gasteiger partial charge in [-0.15, -0.1) is 23.1 Å². The summed E-state index contributed by atoms with van der Waals surface area (Å²) in [6.07, 6.45) is 5.37. The van der Waals surface area contributed by atoms with E-state index < -0.39 is 0 Å². The zero-order valence-corrected chi connectivity index (χ0v) is 14.0. The molecule has 0 aliphatic carbocycles. The number of thiophene rings is 1. The molecule has 2 aromatic heterocycles. The number of thioether (sulfide) groups is 1. The number of rotatable bonds is 5. The Morgan fingerprint density at radius 3 is 2.62 bits per heavy atom. The number of alkyl halides is 1. The molecule has 0 amide bonds. The first-order valence-electron chi connectivity index (χ1n) is 6.31. The first-order valence-corrected chi connectivity index (χ1v) is 8.88. The Bertz CT molecular complexity index is 666. The molecule has 21 heavy (non-hydrogen) atoms. The third kappa shape index (κ3) is 3.64. The average molecular weight is 355 g/mol. The highest BCUT2D eigenvalue weighted by molar-refractivity contribution is 8.01. The largest absolute Gasteiger partial charge is 0.319 e. The Morgan fingerprint density at radius 1 is 1.19 bits per heavy atom. The predicted octanol–water partition coefficient (Wildman–Crippen LogP) is 5.87. The third-order valence-electron chi connectivity index (χ3n) is 3.00. The molecule has 1 aromatic carbocycles. The summed E-state index contributed by atoms with van der Waals surface area (Å²) in [4.78, 5) is 4.08. The van der Waals surface area contributed by atoms with Gasteiger partial charge >= 0.3 is 0 Å². The van der Waals surface area contributed by atoms with Gasteiger partial charge in [-0.1, -0.05) is 41.4 Å². The summed E-state index contributed by atoms with van der Waals surface area (Å²) < 4.78 is 3.15. The fraction of sp³-hybridized carbons (Fsp3) is 0.133. The fourth-order valence-electron chi connectivity index (χ4n) is 1.96. The van der Waals surface area contributed by atoms with Crippen LogP contribution in [-0.4, -0.2) is 9.55 Å². The molecule has 0 saturated heterocycles. The molecule has 3 aromatic rings. The summed E-state index contributed by atoms with van der Waals surface area (Å²) in [6, 6.07) is 12.0. The molecule has 3 rings (SSSR count). The van der Waals surface area contributed by atoms with Gasteiger partial charge in [-0.05, 0) is 29.1 Å². The van der Waals surface area contributed by atoms with Gasteiger partial charge in [0.1, 0.15) is 5.50 Å². The van der Waals surface area contributed by atoms with Crippen molar-refractivity contribution in [3.05, 3.63) is 71.1 Å². The van der Waals surface area contributed by atoms with Crippen LogP contribution in [0.1, 0.15) is 16.3 Å². The maximum absolute atomic E-state index is 6.68. The lowest BCUT2D eigenvalue weighted by Gasteiger charge is -2.22. The molecule has 2 unspecified atom stereocenters. The number of aromatic nitrogens is 2. The number of benzene rings is 1. The predicted molar refractivity (Wildman–Crippen MR) is 91.5 cm³/mol. The first-order chi connectivity index (χ1) is 10.2. The van der Waals surface area contributed by atoms with Crippen LogP contribution in [0.15, 0.2) is 64.7 Å². The molecule has 0 fully saturated rings. The number of nitrogens with zero attached hydrogens (tertiary/aromatic N) is 2. The molecule has 6 heteroatoms. The molecule has 0 aliphatic rings. The summed E-state index contributed by atoms with van der Waals surface area (Å²) in [5.74, 6) is 0. The Labute approximate surface area is 141 Å². The van der Waals surface area contributed by atoms with Crippen LogP contribution >= 0.6 is 46.3 Å². The third-order valence-corrected chi connectivity index (χ3v) is 6.27. The van der Waals surface area contributed by atoms with E-state index in [1.54, 1.807) is 35.6 Å². The number of hydrogen-bond acceptors (Lipinski definition) is 3. The van der Waals surface area contributed by atoms with Crippen LogP contribution in [-0.2, 0) is 0 Å². The van der Waals surface area contributed by atoms with Crippen molar-refractivity contribution in [1.29, 1.82) is 0 Å². The molecule has 0 spiro atoms. The highest BCUT2D eigenvalue weighted by Crippen LogP contribution is 2.46. The Balaban J connectivity index is 1.92. The minimum absolute atomic E-state index is 0.0804. The lowest BCUT2D eigenvalue weighted by molar-refractivity contribution is 0.651. The van der Waals surface area contributed by atoms with Crippen molar-refractivity contribution in [2.75, 3.05) is 0 Å². The van der Waals surface area contributed by atoms with E-state index in [0.29, 0.717) is 0 Å². The molecule has 0 N–H and O–H groups in total. The quantitative estimate of drug-likeness (QED) is 0.421. The molecule has 2 heterocycles. The van der Waals surface area contributed by atoms with Gasteiger partial charge in [0, 0.05) is 17.4 Å². The maximum atomic E-state index is 6.68. The Hall–Kier alpha value is -0.940. The lowest BCUT2D eigenvalue weighted by atomic mass is 10.1. The molecule has 0 aliphatic heterocycles. The summed E-state index contributed by atoms with van der Waals surface area (Å²) in [7, 11) is 0. The SMILES string of the molecule is Clc1ccc(C(Sc2cccs2)C(Cl)n2ccnc2)cc1. The van der Waals surface area contributed by atoms with Gasteiger partial charge in [0.25, 0.3) is 0 Å². The van der Waals surface area contributed by atoms with E-state index in [-0.39, 0.29) is 10.8 Å². The molecule has 2 nitrogen and oxygen atoms in total. The number of hydrogen-bond donors (Lipinski definition) is 0. The van der Waals surface area contributed by atoms with Crippen molar-refractivity contribution >= 4 is 46.3 Å². The zero-order chi connectivity index (χ0) is 14.7. The van der Waals surface area contributed by atoms with E-state index in [2.05, 4.69) is 16.4 Å².